The summed E-state index contributed by atoms with van der Waals surface area (Å²) < 4.78 is 5.77. The number of benzene rings is 1. The van der Waals surface area contributed by atoms with E-state index in [0.29, 0.717) is 27.6 Å². The average molecular weight is 374 g/mol. The lowest BCUT2D eigenvalue weighted by Crippen LogP contribution is -2.42. The average Bonchev–Trinajstić information content (AvgIpc) is 2.49. The molecular weight excluding hydrogens is 345 g/mol. The van der Waals surface area contributed by atoms with Gasteiger partial charge in [-0.15, -0.1) is 0 Å². The minimum absolute atomic E-state index is 0.00215. The van der Waals surface area contributed by atoms with E-state index in [1.165, 1.54) is 0 Å². The molecule has 1 aromatic carbocycles. The van der Waals surface area contributed by atoms with Gasteiger partial charge in [0.05, 0.1) is 5.02 Å². The van der Waals surface area contributed by atoms with Crippen molar-refractivity contribution in [2.24, 2.45) is 11.8 Å². The van der Waals surface area contributed by atoms with Crippen molar-refractivity contribution in [3.8, 4) is 5.75 Å². The molecule has 0 aliphatic heterocycles. The quantitative estimate of drug-likeness (QED) is 0.556. The normalized spacial score (nSPS) is 12.5. The molecule has 136 valence electrons. The van der Waals surface area contributed by atoms with Gasteiger partial charge in [0.15, 0.2) is 6.10 Å². The van der Waals surface area contributed by atoms with Crippen LogP contribution in [0.25, 0.3) is 0 Å². The SMILES string of the molecule is CC(C)CCN(CCC(C)C)C(=O)[C@H](C)Oc1ccc(Cl)cc1Cl. The molecular formula is C19H29Cl2NO2. The van der Waals surface area contributed by atoms with Gasteiger partial charge in [0.1, 0.15) is 5.75 Å². The van der Waals surface area contributed by atoms with Crippen LogP contribution in [0.3, 0.4) is 0 Å². The lowest BCUT2D eigenvalue weighted by atomic mass is 10.1. The van der Waals surface area contributed by atoms with Gasteiger partial charge in [0.25, 0.3) is 5.91 Å². The van der Waals surface area contributed by atoms with Gasteiger partial charge >= 0.3 is 0 Å². The summed E-state index contributed by atoms with van der Waals surface area (Å²) in [7, 11) is 0. The molecule has 1 atom stereocenters. The fraction of sp³-hybridized carbons (Fsp3) is 0.632. The zero-order valence-electron chi connectivity index (χ0n) is 15.3. The number of rotatable bonds is 9. The first-order valence-corrected chi connectivity index (χ1v) is 9.36. The van der Waals surface area contributed by atoms with Crippen molar-refractivity contribution in [1.29, 1.82) is 0 Å². The number of carbonyl (C=O) groups excluding carboxylic acids is 1. The number of halogens is 2. The molecule has 0 saturated heterocycles. The number of carbonyl (C=O) groups is 1. The van der Waals surface area contributed by atoms with Crippen LogP contribution in [0.4, 0.5) is 0 Å². The van der Waals surface area contributed by atoms with E-state index >= 15 is 0 Å². The summed E-state index contributed by atoms with van der Waals surface area (Å²) in [4.78, 5) is 14.7. The number of nitrogens with zero attached hydrogens (tertiary/aromatic N) is 1. The molecule has 3 nitrogen and oxygen atoms in total. The van der Waals surface area contributed by atoms with Crippen LogP contribution < -0.4 is 4.74 Å². The van der Waals surface area contributed by atoms with Crippen molar-refractivity contribution in [3.05, 3.63) is 28.2 Å². The van der Waals surface area contributed by atoms with Crippen LogP contribution >= 0.6 is 23.2 Å². The second-order valence-electron chi connectivity index (χ2n) is 7.03. The molecule has 0 fully saturated rings. The summed E-state index contributed by atoms with van der Waals surface area (Å²) in [6.45, 7) is 11.9. The van der Waals surface area contributed by atoms with E-state index in [-0.39, 0.29) is 5.91 Å². The second kappa shape index (κ2) is 10.1. The predicted molar refractivity (Wildman–Crippen MR) is 102 cm³/mol. The Labute approximate surface area is 156 Å². The maximum Gasteiger partial charge on any atom is 0.263 e. The van der Waals surface area contributed by atoms with Crippen LogP contribution in [-0.4, -0.2) is 30.0 Å². The van der Waals surface area contributed by atoms with Gasteiger partial charge in [-0.1, -0.05) is 50.9 Å². The van der Waals surface area contributed by atoms with Gasteiger partial charge < -0.3 is 9.64 Å². The minimum atomic E-state index is -0.581. The van der Waals surface area contributed by atoms with Gasteiger partial charge in [0, 0.05) is 18.1 Å². The van der Waals surface area contributed by atoms with Gasteiger partial charge in [-0.25, -0.2) is 0 Å². The maximum atomic E-state index is 12.8. The molecule has 0 N–H and O–H groups in total. The van der Waals surface area contributed by atoms with Crippen LogP contribution in [-0.2, 0) is 4.79 Å². The third kappa shape index (κ3) is 7.31. The van der Waals surface area contributed by atoms with Crippen molar-refractivity contribution in [2.45, 2.75) is 53.6 Å². The fourth-order valence-corrected chi connectivity index (χ4v) is 2.68. The Balaban J connectivity index is 2.75. The summed E-state index contributed by atoms with van der Waals surface area (Å²) in [5, 5.41) is 0.958. The first kappa shape index (κ1) is 21.1. The monoisotopic (exact) mass is 373 g/mol. The smallest absolute Gasteiger partial charge is 0.263 e. The lowest BCUT2D eigenvalue weighted by Gasteiger charge is -2.27. The molecule has 5 heteroatoms. The molecule has 0 saturated carbocycles. The van der Waals surface area contributed by atoms with E-state index in [1.807, 2.05) is 4.90 Å². The van der Waals surface area contributed by atoms with Crippen molar-refractivity contribution in [1.82, 2.24) is 4.90 Å². The van der Waals surface area contributed by atoms with E-state index in [2.05, 4.69) is 27.7 Å². The minimum Gasteiger partial charge on any atom is -0.479 e. The molecule has 0 aromatic heterocycles. The van der Waals surface area contributed by atoms with Crippen molar-refractivity contribution in [2.75, 3.05) is 13.1 Å². The summed E-state index contributed by atoms with van der Waals surface area (Å²) in [5.74, 6) is 1.60. The molecule has 0 heterocycles. The number of amides is 1. The molecule has 0 unspecified atom stereocenters. The van der Waals surface area contributed by atoms with Crippen LogP contribution in [0, 0.1) is 11.8 Å². The van der Waals surface area contributed by atoms with Crippen LogP contribution in [0.15, 0.2) is 18.2 Å². The number of hydrogen-bond donors (Lipinski definition) is 0. The van der Waals surface area contributed by atoms with Crippen LogP contribution in [0.2, 0.25) is 10.0 Å². The highest BCUT2D eigenvalue weighted by atomic mass is 35.5. The van der Waals surface area contributed by atoms with E-state index in [4.69, 9.17) is 27.9 Å². The number of hydrogen-bond acceptors (Lipinski definition) is 2. The van der Waals surface area contributed by atoms with Crippen molar-refractivity contribution < 1.29 is 9.53 Å². The third-order valence-corrected chi connectivity index (χ3v) is 4.34. The molecule has 0 aliphatic rings. The highest BCUT2D eigenvalue weighted by Crippen LogP contribution is 2.28. The van der Waals surface area contributed by atoms with Crippen LogP contribution in [0.1, 0.15) is 47.5 Å². The zero-order chi connectivity index (χ0) is 18.3. The molecule has 0 spiro atoms. The largest absolute Gasteiger partial charge is 0.479 e. The van der Waals surface area contributed by atoms with Crippen molar-refractivity contribution >= 4 is 29.1 Å². The van der Waals surface area contributed by atoms with Gasteiger partial charge in [-0.2, -0.15) is 0 Å². The Morgan fingerprint density at radius 2 is 1.58 bits per heavy atom. The Bertz CT molecular complexity index is 520. The molecule has 1 rings (SSSR count). The number of ether oxygens (including phenoxy) is 1. The molecule has 0 aliphatic carbocycles. The van der Waals surface area contributed by atoms with Crippen LogP contribution in [0.5, 0.6) is 5.75 Å². The Morgan fingerprint density at radius 1 is 1.04 bits per heavy atom. The Hall–Kier alpha value is -0.930. The summed E-state index contributed by atoms with van der Waals surface area (Å²) in [5.41, 5.74) is 0. The van der Waals surface area contributed by atoms with Gasteiger partial charge in [-0.05, 0) is 49.8 Å². The topological polar surface area (TPSA) is 29.5 Å². The summed E-state index contributed by atoms with van der Waals surface area (Å²) >= 11 is 12.0. The zero-order valence-corrected chi connectivity index (χ0v) is 16.8. The highest BCUT2D eigenvalue weighted by Gasteiger charge is 2.23. The van der Waals surface area contributed by atoms with E-state index in [9.17, 15) is 4.79 Å². The van der Waals surface area contributed by atoms with E-state index < -0.39 is 6.10 Å². The summed E-state index contributed by atoms with van der Waals surface area (Å²) in [6.07, 6.45) is 1.39. The maximum absolute atomic E-state index is 12.8. The first-order valence-electron chi connectivity index (χ1n) is 8.61. The van der Waals surface area contributed by atoms with Crippen molar-refractivity contribution in [3.63, 3.8) is 0 Å². The lowest BCUT2D eigenvalue weighted by molar-refractivity contribution is -0.138. The van der Waals surface area contributed by atoms with Gasteiger partial charge in [0.2, 0.25) is 0 Å². The fourth-order valence-electron chi connectivity index (χ4n) is 2.23. The van der Waals surface area contributed by atoms with E-state index in [0.717, 1.165) is 25.9 Å². The standard InChI is InChI=1S/C19H29Cl2NO2/c1-13(2)8-10-22(11-9-14(3)4)19(23)15(5)24-18-7-6-16(20)12-17(18)21/h6-7,12-15H,8-11H2,1-5H3/t15-/m0/s1. The molecule has 0 bridgehead atoms. The molecule has 1 amide bonds. The van der Waals surface area contributed by atoms with Gasteiger partial charge in [-0.3, -0.25) is 4.79 Å². The highest BCUT2D eigenvalue weighted by molar-refractivity contribution is 6.35. The first-order chi connectivity index (χ1) is 11.2. The Morgan fingerprint density at radius 3 is 2.04 bits per heavy atom. The van der Waals surface area contributed by atoms with E-state index in [1.54, 1.807) is 25.1 Å². The Kier molecular flexibility index (Phi) is 8.93. The molecule has 0 radical (unpaired) electrons. The summed E-state index contributed by atoms with van der Waals surface area (Å²) in [6, 6.07) is 5.02. The third-order valence-electron chi connectivity index (χ3n) is 3.81. The molecule has 24 heavy (non-hydrogen) atoms. The predicted octanol–water partition coefficient (Wildman–Crippen LogP) is 5.68. The molecule has 1 aromatic rings. The second-order valence-corrected chi connectivity index (χ2v) is 7.87.